The predicted octanol–water partition coefficient (Wildman–Crippen LogP) is 0.948. The minimum atomic E-state index is -1.15. The molecule has 3 heterocycles. The van der Waals surface area contributed by atoms with Crippen molar-refractivity contribution in [2.45, 2.75) is 32.2 Å². The third kappa shape index (κ3) is 3.28. The van der Waals surface area contributed by atoms with Gasteiger partial charge in [-0.25, -0.2) is 4.79 Å². The average Bonchev–Trinajstić information content (AvgIpc) is 3.00. The number of imide groups is 4. The molecule has 6 amide bonds. The van der Waals surface area contributed by atoms with E-state index < -0.39 is 35.7 Å². The Morgan fingerprint density at radius 1 is 0.967 bits per heavy atom. The molecular formula is C21H24N4O5. The van der Waals surface area contributed by atoms with Gasteiger partial charge in [-0.3, -0.25) is 29.0 Å². The highest BCUT2D eigenvalue weighted by Crippen LogP contribution is 2.29. The smallest absolute Gasteiger partial charge is 0.321 e. The monoisotopic (exact) mass is 412 g/mol. The molecule has 30 heavy (non-hydrogen) atoms. The summed E-state index contributed by atoms with van der Waals surface area (Å²) in [6.45, 7) is 5.23. The second-order valence-corrected chi connectivity index (χ2v) is 7.76. The van der Waals surface area contributed by atoms with Crippen molar-refractivity contribution < 1.29 is 24.0 Å². The number of carbonyl (C=O) groups is 5. The largest absolute Gasteiger partial charge is 0.333 e. The standard InChI is InChI=1S/C21H24N4O5/c1-2-9-22-10-12-23(13-11-22)21(30)25-17(26)8-7-16(20(25)29)24-18(27)14-5-3-4-6-15(14)19(24)28/h3-6,16H,2,7-13H2,1H3. The molecule has 158 valence electrons. The van der Waals surface area contributed by atoms with Crippen molar-refractivity contribution in [1.29, 1.82) is 0 Å². The van der Waals surface area contributed by atoms with E-state index in [9.17, 15) is 24.0 Å². The van der Waals surface area contributed by atoms with Crippen LogP contribution in [0.15, 0.2) is 24.3 Å². The molecule has 1 unspecified atom stereocenters. The van der Waals surface area contributed by atoms with Gasteiger partial charge in [0, 0.05) is 32.6 Å². The second kappa shape index (κ2) is 7.98. The molecule has 0 aliphatic carbocycles. The van der Waals surface area contributed by atoms with Gasteiger partial charge in [-0.05, 0) is 31.5 Å². The van der Waals surface area contributed by atoms with Gasteiger partial charge in [0.2, 0.25) is 5.91 Å². The quantitative estimate of drug-likeness (QED) is 0.686. The van der Waals surface area contributed by atoms with E-state index in [1.165, 1.54) is 17.0 Å². The van der Waals surface area contributed by atoms with Gasteiger partial charge in [0.25, 0.3) is 17.7 Å². The van der Waals surface area contributed by atoms with E-state index in [1.54, 1.807) is 12.1 Å². The lowest BCUT2D eigenvalue weighted by atomic mass is 10.0. The van der Waals surface area contributed by atoms with Gasteiger partial charge in [0.1, 0.15) is 6.04 Å². The predicted molar refractivity (Wildman–Crippen MR) is 106 cm³/mol. The zero-order valence-electron chi connectivity index (χ0n) is 16.9. The highest BCUT2D eigenvalue weighted by atomic mass is 16.2. The summed E-state index contributed by atoms with van der Waals surface area (Å²) in [6, 6.07) is 4.55. The Morgan fingerprint density at radius 2 is 1.57 bits per heavy atom. The molecule has 3 aliphatic heterocycles. The maximum atomic E-state index is 13.1. The lowest BCUT2D eigenvalue weighted by Gasteiger charge is -2.39. The van der Waals surface area contributed by atoms with E-state index in [2.05, 4.69) is 11.8 Å². The van der Waals surface area contributed by atoms with Crippen LogP contribution in [-0.4, -0.2) is 88.0 Å². The molecule has 0 spiro atoms. The fraction of sp³-hybridized carbons (Fsp3) is 0.476. The number of benzene rings is 1. The van der Waals surface area contributed by atoms with E-state index in [0.717, 1.165) is 17.9 Å². The van der Waals surface area contributed by atoms with E-state index >= 15 is 0 Å². The number of urea groups is 1. The number of rotatable bonds is 3. The summed E-state index contributed by atoms with van der Waals surface area (Å²) in [4.78, 5) is 69.3. The molecule has 1 aromatic carbocycles. The minimum Gasteiger partial charge on any atom is -0.321 e. The van der Waals surface area contributed by atoms with Crippen molar-refractivity contribution in [3.8, 4) is 0 Å². The summed E-state index contributed by atoms with van der Waals surface area (Å²) < 4.78 is 0. The highest BCUT2D eigenvalue weighted by Gasteiger charge is 2.49. The molecule has 9 nitrogen and oxygen atoms in total. The molecule has 4 rings (SSSR count). The Balaban J connectivity index is 1.52. The summed E-state index contributed by atoms with van der Waals surface area (Å²) in [5.41, 5.74) is 0.467. The van der Waals surface area contributed by atoms with Crippen LogP contribution in [0.3, 0.4) is 0 Å². The van der Waals surface area contributed by atoms with Crippen molar-refractivity contribution in [1.82, 2.24) is 19.6 Å². The van der Waals surface area contributed by atoms with Crippen LogP contribution in [0, 0.1) is 0 Å². The van der Waals surface area contributed by atoms with Crippen molar-refractivity contribution in [2.24, 2.45) is 0 Å². The minimum absolute atomic E-state index is 0.0250. The van der Waals surface area contributed by atoms with E-state index in [-0.39, 0.29) is 24.0 Å². The van der Waals surface area contributed by atoms with E-state index in [0.29, 0.717) is 31.1 Å². The van der Waals surface area contributed by atoms with Gasteiger partial charge in [-0.2, -0.15) is 4.90 Å². The van der Waals surface area contributed by atoms with Crippen LogP contribution in [0.25, 0.3) is 0 Å². The third-order valence-corrected chi connectivity index (χ3v) is 5.90. The lowest BCUT2D eigenvalue weighted by Crippen LogP contribution is -2.61. The maximum absolute atomic E-state index is 13.1. The number of likely N-dealkylation sites (tertiary alicyclic amines) is 1. The van der Waals surface area contributed by atoms with Crippen molar-refractivity contribution in [2.75, 3.05) is 32.7 Å². The molecule has 2 fully saturated rings. The fourth-order valence-electron chi connectivity index (χ4n) is 4.32. The van der Waals surface area contributed by atoms with E-state index in [1.807, 2.05) is 0 Å². The zero-order chi connectivity index (χ0) is 21.4. The number of fused-ring (bicyclic) bond motifs is 1. The van der Waals surface area contributed by atoms with Crippen molar-refractivity contribution in [3.63, 3.8) is 0 Å². The SMILES string of the molecule is CCCN1CCN(C(=O)N2C(=O)CCC(N3C(=O)c4ccccc4C3=O)C2=O)CC1. The maximum Gasteiger partial charge on any atom is 0.333 e. The number of hydrogen-bond donors (Lipinski definition) is 0. The Morgan fingerprint density at radius 3 is 2.13 bits per heavy atom. The number of nitrogens with zero attached hydrogens (tertiary/aromatic N) is 4. The van der Waals surface area contributed by atoms with Crippen molar-refractivity contribution in [3.05, 3.63) is 35.4 Å². The van der Waals surface area contributed by atoms with Gasteiger partial charge >= 0.3 is 6.03 Å². The molecule has 1 atom stereocenters. The van der Waals surface area contributed by atoms with Gasteiger partial charge in [-0.1, -0.05) is 19.1 Å². The van der Waals surface area contributed by atoms with Crippen molar-refractivity contribution >= 4 is 29.7 Å². The van der Waals surface area contributed by atoms with Crippen LogP contribution in [0.5, 0.6) is 0 Å². The molecule has 0 aromatic heterocycles. The first-order chi connectivity index (χ1) is 14.4. The average molecular weight is 412 g/mol. The molecule has 0 radical (unpaired) electrons. The number of amides is 6. The van der Waals surface area contributed by atoms with Gasteiger partial charge in [0.15, 0.2) is 0 Å². The van der Waals surface area contributed by atoms with E-state index in [4.69, 9.17) is 0 Å². The Labute approximate surface area is 174 Å². The van der Waals surface area contributed by atoms with Gasteiger partial charge < -0.3 is 4.90 Å². The zero-order valence-corrected chi connectivity index (χ0v) is 16.9. The normalized spacial score (nSPS) is 22.7. The summed E-state index contributed by atoms with van der Waals surface area (Å²) in [6.07, 6.45) is 0.960. The lowest BCUT2D eigenvalue weighted by molar-refractivity contribution is -0.148. The summed E-state index contributed by atoms with van der Waals surface area (Å²) in [5, 5.41) is 0. The molecule has 9 heteroatoms. The van der Waals surface area contributed by atoms with Crippen LogP contribution in [0.1, 0.15) is 46.9 Å². The molecule has 0 saturated carbocycles. The fourth-order valence-corrected chi connectivity index (χ4v) is 4.32. The molecule has 0 bridgehead atoms. The number of piperidine rings is 1. The molecular weight excluding hydrogens is 388 g/mol. The van der Waals surface area contributed by atoms with Crippen LogP contribution >= 0.6 is 0 Å². The highest BCUT2D eigenvalue weighted by molar-refractivity contribution is 6.24. The second-order valence-electron chi connectivity index (χ2n) is 7.76. The molecule has 2 saturated heterocycles. The summed E-state index contributed by atoms with van der Waals surface area (Å²) >= 11 is 0. The van der Waals surface area contributed by atoms with Gasteiger partial charge in [0.05, 0.1) is 11.1 Å². The van der Waals surface area contributed by atoms with Crippen LogP contribution in [-0.2, 0) is 9.59 Å². The molecule has 0 N–H and O–H groups in total. The number of carbonyl (C=O) groups excluding carboxylic acids is 5. The van der Waals surface area contributed by atoms with Crippen LogP contribution in [0.4, 0.5) is 4.79 Å². The Bertz CT molecular complexity index is 887. The molecule has 3 aliphatic rings. The topological polar surface area (TPSA) is 98.3 Å². The third-order valence-electron chi connectivity index (χ3n) is 5.90. The first-order valence-electron chi connectivity index (χ1n) is 10.3. The Kier molecular flexibility index (Phi) is 5.38. The van der Waals surface area contributed by atoms with Crippen LogP contribution in [0.2, 0.25) is 0 Å². The van der Waals surface area contributed by atoms with Gasteiger partial charge in [-0.15, -0.1) is 0 Å². The van der Waals surface area contributed by atoms with Crippen LogP contribution < -0.4 is 0 Å². The molecule has 1 aromatic rings. The Hall–Kier alpha value is -3.07. The summed E-state index contributed by atoms with van der Waals surface area (Å²) in [5.74, 6) is -2.52. The number of piperazine rings is 1. The first-order valence-corrected chi connectivity index (χ1v) is 10.3. The first kappa shape index (κ1) is 20.2. The summed E-state index contributed by atoms with van der Waals surface area (Å²) in [7, 11) is 0. The number of hydrogen-bond acceptors (Lipinski definition) is 6.